The van der Waals surface area contributed by atoms with Crippen LogP contribution in [-0.2, 0) is 0 Å². The van der Waals surface area contributed by atoms with Gasteiger partial charge in [-0.2, -0.15) is 0 Å². The Labute approximate surface area is 117 Å². The Morgan fingerprint density at radius 1 is 1.40 bits per heavy atom. The van der Waals surface area contributed by atoms with Crippen molar-refractivity contribution in [1.82, 2.24) is 10.5 Å². The van der Waals surface area contributed by atoms with Gasteiger partial charge in [0.2, 0.25) is 5.76 Å². The highest BCUT2D eigenvalue weighted by atomic mass is 16.5. The summed E-state index contributed by atoms with van der Waals surface area (Å²) in [6.07, 6.45) is 0. The van der Waals surface area contributed by atoms with Crippen LogP contribution in [0.5, 0.6) is 5.75 Å². The molecule has 2 aromatic rings. The van der Waals surface area contributed by atoms with E-state index in [0.717, 1.165) is 11.3 Å². The molecule has 1 aromatic carbocycles. The highest BCUT2D eigenvalue weighted by Crippen LogP contribution is 2.18. The zero-order chi connectivity index (χ0) is 14.5. The topological polar surface area (TPSA) is 64.4 Å². The SMILES string of the molecule is CCOc1ccc(C(C)NC(=O)c2cc(C)no2)cc1. The zero-order valence-corrected chi connectivity index (χ0v) is 11.8. The van der Waals surface area contributed by atoms with Crippen LogP contribution >= 0.6 is 0 Å². The second-order valence-electron chi connectivity index (χ2n) is 4.53. The van der Waals surface area contributed by atoms with E-state index >= 15 is 0 Å². The van der Waals surface area contributed by atoms with Gasteiger partial charge in [0.15, 0.2) is 0 Å². The minimum Gasteiger partial charge on any atom is -0.494 e. The summed E-state index contributed by atoms with van der Waals surface area (Å²) in [6.45, 7) is 6.26. The number of rotatable bonds is 5. The normalized spacial score (nSPS) is 11.9. The number of carbonyl (C=O) groups is 1. The molecule has 5 heteroatoms. The first-order chi connectivity index (χ1) is 9.60. The molecule has 5 nitrogen and oxygen atoms in total. The minimum absolute atomic E-state index is 0.122. The van der Waals surface area contributed by atoms with Crippen molar-refractivity contribution in [3.8, 4) is 5.75 Å². The molecule has 0 spiro atoms. The summed E-state index contributed by atoms with van der Waals surface area (Å²) in [5.74, 6) is 0.771. The predicted octanol–water partition coefficient (Wildman–Crippen LogP) is 2.87. The second kappa shape index (κ2) is 6.23. The molecule has 0 aliphatic heterocycles. The van der Waals surface area contributed by atoms with Crippen LogP contribution in [0.1, 0.15) is 41.7 Å². The second-order valence-corrected chi connectivity index (χ2v) is 4.53. The van der Waals surface area contributed by atoms with E-state index in [1.54, 1.807) is 13.0 Å². The van der Waals surface area contributed by atoms with Gasteiger partial charge < -0.3 is 14.6 Å². The molecule has 1 heterocycles. The van der Waals surface area contributed by atoms with Gasteiger partial charge in [-0.25, -0.2) is 0 Å². The number of carbonyl (C=O) groups excluding carboxylic acids is 1. The third kappa shape index (κ3) is 3.38. The zero-order valence-electron chi connectivity index (χ0n) is 11.8. The van der Waals surface area contributed by atoms with Crippen molar-refractivity contribution in [3.63, 3.8) is 0 Å². The summed E-state index contributed by atoms with van der Waals surface area (Å²) >= 11 is 0. The molecule has 1 aromatic heterocycles. The van der Waals surface area contributed by atoms with Crippen LogP contribution in [0.4, 0.5) is 0 Å². The lowest BCUT2D eigenvalue weighted by atomic mass is 10.1. The number of aromatic nitrogens is 1. The summed E-state index contributed by atoms with van der Waals surface area (Å²) in [7, 11) is 0. The summed E-state index contributed by atoms with van der Waals surface area (Å²) in [6, 6.07) is 9.13. The van der Waals surface area contributed by atoms with Gasteiger partial charge in [0.25, 0.3) is 5.91 Å². The number of hydrogen-bond acceptors (Lipinski definition) is 4. The third-order valence-electron chi connectivity index (χ3n) is 2.89. The molecular formula is C15H18N2O3. The summed E-state index contributed by atoms with van der Waals surface area (Å²) in [5.41, 5.74) is 1.68. The molecular weight excluding hydrogens is 256 g/mol. The lowest BCUT2D eigenvalue weighted by molar-refractivity contribution is 0.0902. The fraction of sp³-hybridized carbons (Fsp3) is 0.333. The first kappa shape index (κ1) is 14.1. The average Bonchev–Trinajstić information content (AvgIpc) is 2.86. The van der Waals surface area contributed by atoms with E-state index in [2.05, 4.69) is 10.5 Å². The Kier molecular flexibility index (Phi) is 4.40. The van der Waals surface area contributed by atoms with Crippen LogP contribution < -0.4 is 10.1 Å². The maximum absolute atomic E-state index is 11.9. The van der Waals surface area contributed by atoms with Crippen molar-refractivity contribution < 1.29 is 14.1 Å². The van der Waals surface area contributed by atoms with Gasteiger partial charge in [-0.3, -0.25) is 4.79 Å². The summed E-state index contributed by atoms with van der Waals surface area (Å²) < 4.78 is 10.3. The Bertz CT molecular complexity index is 575. The molecule has 0 aliphatic carbocycles. The lowest BCUT2D eigenvalue weighted by Gasteiger charge is -2.13. The van der Waals surface area contributed by atoms with Crippen LogP contribution in [0.2, 0.25) is 0 Å². The predicted molar refractivity (Wildman–Crippen MR) is 74.7 cm³/mol. The van der Waals surface area contributed by atoms with E-state index in [1.807, 2.05) is 38.1 Å². The van der Waals surface area contributed by atoms with Crippen molar-refractivity contribution in [2.75, 3.05) is 6.61 Å². The van der Waals surface area contributed by atoms with Crippen molar-refractivity contribution in [1.29, 1.82) is 0 Å². The first-order valence-electron chi connectivity index (χ1n) is 6.57. The molecule has 0 radical (unpaired) electrons. The number of nitrogens with zero attached hydrogens (tertiary/aromatic N) is 1. The first-order valence-corrected chi connectivity index (χ1v) is 6.57. The smallest absolute Gasteiger partial charge is 0.290 e. The summed E-state index contributed by atoms with van der Waals surface area (Å²) in [4.78, 5) is 11.9. The maximum Gasteiger partial charge on any atom is 0.290 e. The third-order valence-corrected chi connectivity index (χ3v) is 2.89. The number of nitrogens with one attached hydrogen (secondary N) is 1. The van der Waals surface area contributed by atoms with Crippen LogP contribution in [-0.4, -0.2) is 17.7 Å². The highest BCUT2D eigenvalue weighted by Gasteiger charge is 2.15. The van der Waals surface area contributed by atoms with Crippen molar-refractivity contribution in [2.45, 2.75) is 26.8 Å². The molecule has 20 heavy (non-hydrogen) atoms. The van der Waals surface area contributed by atoms with Crippen molar-refractivity contribution >= 4 is 5.91 Å². The molecule has 1 atom stereocenters. The lowest BCUT2D eigenvalue weighted by Crippen LogP contribution is -2.26. The van der Waals surface area contributed by atoms with Gasteiger partial charge in [0.1, 0.15) is 5.75 Å². The molecule has 0 saturated carbocycles. The number of benzene rings is 1. The van der Waals surface area contributed by atoms with Gasteiger partial charge in [-0.05, 0) is 38.5 Å². The molecule has 0 saturated heterocycles. The fourth-order valence-electron chi connectivity index (χ4n) is 1.84. The number of hydrogen-bond donors (Lipinski definition) is 1. The molecule has 106 valence electrons. The van der Waals surface area contributed by atoms with Gasteiger partial charge >= 0.3 is 0 Å². The Balaban J connectivity index is 2.00. The molecule has 1 unspecified atom stereocenters. The molecule has 0 fully saturated rings. The van der Waals surface area contributed by atoms with Gasteiger partial charge in [0, 0.05) is 6.07 Å². The van der Waals surface area contributed by atoms with Crippen LogP contribution in [0.3, 0.4) is 0 Å². The number of ether oxygens (including phenoxy) is 1. The Hall–Kier alpha value is -2.30. The van der Waals surface area contributed by atoms with Crippen molar-refractivity contribution in [3.05, 3.63) is 47.3 Å². The maximum atomic E-state index is 11.9. The quantitative estimate of drug-likeness (QED) is 0.910. The van der Waals surface area contributed by atoms with E-state index in [-0.39, 0.29) is 17.7 Å². The number of amides is 1. The molecule has 0 aliphatic rings. The van der Waals surface area contributed by atoms with Crippen molar-refractivity contribution in [2.24, 2.45) is 0 Å². The van der Waals surface area contributed by atoms with Gasteiger partial charge in [-0.15, -0.1) is 0 Å². The standard InChI is InChI=1S/C15H18N2O3/c1-4-19-13-7-5-12(6-8-13)11(3)16-15(18)14-9-10(2)17-20-14/h5-9,11H,4H2,1-3H3,(H,16,18). The molecule has 1 amide bonds. The molecule has 1 N–H and O–H groups in total. The van der Waals surface area contributed by atoms with Crippen LogP contribution in [0, 0.1) is 6.92 Å². The average molecular weight is 274 g/mol. The minimum atomic E-state index is -0.271. The summed E-state index contributed by atoms with van der Waals surface area (Å²) in [5, 5.41) is 6.56. The molecule has 0 bridgehead atoms. The molecule has 2 rings (SSSR count). The van der Waals surface area contributed by atoms with E-state index in [9.17, 15) is 4.79 Å². The Morgan fingerprint density at radius 2 is 2.10 bits per heavy atom. The van der Waals surface area contributed by atoms with E-state index in [4.69, 9.17) is 9.26 Å². The van der Waals surface area contributed by atoms with E-state index in [1.165, 1.54) is 0 Å². The fourth-order valence-corrected chi connectivity index (χ4v) is 1.84. The van der Waals surface area contributed by atoms with E-state index in [0.29, 0.717) is 12.3 Å². The van der Waals surface area contributed by atoms with Crippen LogP contribution in [0.15, 0.2) is 34.9 Å². The number of aryl methyl sites for hydroxylation is 1. The van der Waals surface area contributed by atoms with Crippen LogP contribution in [0.25, 0.3) is 0 Å². The van der Waals surface area contributed by atoms with E-state index < -0.39 is 0 Å². The highest BCUT2D eigenvalue weighted by molar-refractivity contribution is 5.91. The van der Waals surface area contributed by atoms with Gasteiger partial charge in [-0.1, -0.05) is 17.3 Å². The Morgan fingerprint density at radius 3 is 2.65 bits per heavy atom. The monoisotopic (exact) mass is 274 g/mol. The van der Waals surface area contributed by atoms with Gasteiger partial charge in [0.05, 0.1) is 18.3 Å². The largest absolute Gasteiger partial charge is 0.494 e.